The second-order valence-electron chi connectivity index (χ2n) is 5.12. The lowest BCUT2D eigenvalue weighted by atomic mass is 10.2. The molecule has 0 radical (unpaired) electrons. The van der Waals surface area contributed by atoms with E-state index >= 15 is 0 Å². The van der Waals surface area contributed by atoms with Gasteiger partial charge in [-0.15, -0.1) is 0 Å². The van der Waals surface area contributed by atoms with Crippen molar-refractivity contribution in [1.82, 2.24) is 4.90 Å². The van der Waals surface area contributed by atoms with Crippen LogP contribution in [-0.2, 0) is 4.74 Å². The van der Waals surface area contributed by atoms with Gasteiger partial charge in [-0.05, 0) is 40.0 Å². The zero-order chi connectivity index (χ0) is 11.0. The van der Waals surface area contributed by atoms with E-state index in [1.54, 1.807) is 4.90 Å². The van der Waals surface area contributed by atoms with Gasteiger partial charge in [-0.3, -0.25) is 0 Å². The Morgan fingerprint density at radius 2 is 1.93 bits per heavy atom. The van der Waals surface area contributed by atoms with Crippen molar-refractivity contribution < 1.29 is 9.53 Å². The van der Waals surface area contributed by atoms with E-state index in [4.69, 9.17) is 4.74 Å². The number of rotatable bonds is 2. The average molecular weight is 199 g/mol. The molecule has 3 nitrogen and oxygen atoms in total. The summed E-state index contributed by atoms with van der Waals surface area (Å²) in [6.07, 6.45) is 3.04. The lowest BCUT2D eigenvalue weighted by Gasteiger charge is -2.30. The third-order valence-electron chi connectivity index (χ3n) is 2.86. The molecule has 1 aliphatic rings. The summed E-state index contributed by atoms with van der Waals surface area (Å²) >= 11 is 0. The molecule has 1 fully saturated rings. The molecule has 1 rings (SSSR count). The lowest BCUT2D eigenvalue weighted by Crippen LogP contribution is -2.41. The standard InChI is InChI=1S/C11H21NO2/c1-6-11(7-8-11)12(5)9(13)14-10(2,3)4/h6-8H2,1-5H3. The van der Waals surface area contributed by atoms with Crippen LogP contribution in [0, 0.1) is 0 Å². The molecule has 0 saturated heterocycles. The topological polar surface area (TPSA) is 29.5 Å². The second kappa shape index (κ2) is 3.44. The van der Waals surface area contributed by atoms with E-state index in [0.29, 0.717) is 0 Å². The Hall–Kier alpha value is -0.730. The normalized spacial score (nSPS) is 18.9. The van der Waals surface area contributed by atoms with Gasteiger partial charge in [-0.1, -0.05) is 6.92 Å². The fraction of sp³-hybridized carbons (Fsp3) is 0.909. The molecule has 0 unspecified atom stereocenters. The Balaban J connectivity index is 2.53. The van der Waals surface area contributed by atoms with E-state index in [1.165, 1.54) is 0 Å². The molecule has 0 aromatic heterocycles. The van der Waals surface area contributed by atoms with E-state index in [0.717, 1.165) is 19.3 Å². The van der Waals surface area contributed by atoms with Crippen LogP contribution in [0.3, 0.4) is 0 Å². The van der Waals surface area contributed by atoms with Gasteiger partial charge in [0.25, 0.3) is 0 Å². The molecule has 14 heavy (non-hydrogen) atoms. The van der Waals surface area contributed by atoms with E-state index < -0.39 is 5.60 Å². The highest BCUT2D eigenvalue weighted by atomic mass is 16.6. The first-order valence-electron chi connectivity index (χ1n) is 5.27. The van der Waals surface area contributed by atoms with Gasteiger partial charge in [-0.2, -0.15) is 0 Å². The zero-order valence-corrected chi connectivity index (χ0v) is 9.89. The predicted molar refractivity (Wildman–Crippen MR) is 56.3 cm³/mol. The van der Waals surface area contributed by atoms with Crippen LogP contribution in [-0.4, -0.2) is 29.2 Å². The Morgan fingerprint density at radius 1 is 1.43 bits per heavy atom. The quantitative estimate of drug-likeness (QED) is 0.684. The van der Waals surface area contributed by atoms with Gasteiger partial charge in [0.05, 0.1) is 0 Å². The molecule has 0 N–H and O–H groups in total. The lowest BCUT2D eigenvalue weighted by molar-refractivity contribution is 0.0190. The van der Waals surface area contributed by atoms with Crippen molar-refractivity contribution in [3.63, 3.8) is 0 Å². The number of carbonyl (C=O) groups is 1. The van der Waals surface area contributed by atoms with E-state index in [1.807, 2.05) is 27.8 Å². The summed E-state index contributed by atoms with van der Waals surface area (Å²) in [6.45, 7) is 7.80. The van der Waals surface area contributed by atoms with Crippen LogP contribution >= 0.6 is 0 Å². The fourth-order valence-electron chi connectivity index (χ4n) is 1.59. The Labute approximate surface area is 86.4 Å². The van der Waals surface area contributed by atoms with Crippen molar-refractivity contribution in [3.05, 3.63) is 0 Å². The van der Waals surface area contributed by atoms with Gasteiger partial charge < -0.3 is 9.64 Å². The zero-order valence-electron chi connectivity index (χ0n) is 9.89. The number of nitrogens with zero attached hydrogens (tertiary/aromatic N) is 1. The Bertz CT molecular complexity index is 226. The van der Waals surface area contributed by atoms with Gasteiger partial charge in [0.15, 0.2) is 0 Å². The highest BCUT2D eigenvalue weighted by molar-refractivity contribution is 5.69. The number of hydrogen-bond acceptors (Lipinski definition) is 2. The fourth-order valence-corrected chi connectivity index (χ4v) is 1.59. The summed E-state index contributed by atoms with van der Waals surface area (Å²) in [5.41, 5.74) is -0.294. The van der Waals surface area contributed by atoms with Gasteiger partial charge in [0, 0.05) is 12.6 Å². The van der Waals surface area contributed by atoms with Crippen LogP contribution in [0.25, 0.3) is 0 Å². The minimum atomic E-state index is -0.394. The third-order valence-corrected chi connectivity index (χ3v) is 2.86. The summed E-state index contributed by atoms with van der Waals surface area (Å²) in [5, 5.41) is 0. The molecule has 0 aromatic carbocycles. The minimum Gasteiger partial charge on any atom is -0.444 e. The van der Waals surface area contributed by atoms with E-state index in [-0.39, 0.29) is 11.6 Å². The maximum atomic E-state index is 11.7. The Kier molecular flexibility index (Phi) is 2.79. The molecule has 0 atom stereocenters. The highest BCUT2D eigenvalue weighted by Gasteiger charge is 2.47. The van der Waals surface area contributed by atoms with Crippen molar-refractivity contribution in [3.8, 4) is 0 Å². The molecule has 0 bridgehead atoms. The molecule has 0 spiro atoms. The maximum absolute atomic E-state index is 11.7. The van der Waals surface area contributed by atoms with Crippen LogP contribution in [0.4, 0.5) is 4.79 Å². The van der Waals surface area contributed by atoms with Crippen molar-refractivity contribution in [2.45, 2.75) is 58.1 Å². The summed E-state index contributed by atoms with van der Waals surface area (Å²) in [4.78, 5) is 13.5. The molecule has 0 aromatic rings. The number of hydrogen-bond donors (Lipinski definition) is 0. The molecule has 3 heteroatoms. The van der Waals surface area contributed by atoms with Crippen LogP contribution in [0.15, 0.2) is 0 Å². The highest BCUT2D eigenvalue weighted by Crippen LogP contribution is 2.44. The molecular weight excluding hydrogens is 178 g/mol. The van der Waals surface area contributed by atoms with Crippen molar-refractivity contribution in [1.29, 1.82) is 0 Å². The monoisotopic (exact) mass is 199 g/mol. The maximum Gasteiger partial charge on any atom is 0.410 e. The van der Waals surface area contributed by atoms with Crippen molar-refractivity contribution in [2.75, 3.05) is 7.05 Å². The summed E-state index contributed by atoms with van der Waals surface area (Å²) in [6, 6.07) is 0. The number of amides is 1. The average Bonchev–Trinajstić information content (AvgIpc) is 2.80. The number of ether oxygens (including phenoxy) is 1. The van der Waals surface area contributed by atoms with Crippen LogP contribution in [0.2, 0.25) is 0 Å². The first-order valence-corrected chi connectivity index (χ1v) is 5.27. The van der Waals surface area contributed by atoms with Crippen LogP contribution in [0.1, 0.15) is 47.0 Å². The summed E-state index contributed by atoms with van der Waals surface area (Å²) in [5.74, 6) is 0. The molecule has 1 saturated carbocycles. The SMILES string of the molecule is CCC1(N(C)C(=O)OC(C)(C)C)CC1. The van der Waals surface area contributed by atoms with E-state index in [9.17, 15) is 4.79 Å². The third kappa shape index (κ3) is 2.40. The predicted octanol–water partition coefficient (Wildman–Crippen LogP) is 2.80. The Morgan fingerprint density at radius 3 is 2.21 bits per heavy atom. The molecule has 0 heterocycles. The van der Waals surface area contributed by atoms with Crippen LogP contribution < -0.4 is 0 Å². The van der Waals surface area contributed by atoms with Crippen molar-refractivity contribution in [2.24, 2.45) is 0 Å². The first-order chi connectivity index (χ1) is 6.31. The smallest absolute Gasteiger partial charge is 0.410 e. The van der Waals surface area contributed by atoms with Gasteiger partial charge in [0.2, 0.25) is 0 Å². The summed E-state index contributed by atoms with van der Waals surface area (Å²) < 4.78 is 5.31. The van der Waals surface area contributed by atoms with E-state index in [2.05, 4.69) is 6.92 Å². The molecule has 0 aliphatic heterocycles. The number of carbonyl (C=O) groups excluding carboxylic acids is 1. The molecule has 1 amide bonds. The largest absolute Gasteiger partial charge is 0.444 e. The summed E-state index contributed by atoms with van der Waals surface area (Å²) in [7, 11) is 1.84. The van der Waals surface area contributed by atoms with Gasteiger partial charge >= 0.3 is 6.09 Å². The molecule has 82 valence electrons. The second-order valence-corrected chi connectivity index (χ2v) is 5.12. The molecular formula is C11H21NO2. The first kappa shape index (κ1) is 11.3. The van der Waals surface area contributed by atoms with Gasteiger partial charge in [0.1, 0.15) is 5.60 Å². The van der Waals surface area contributed by atoms with Gasteiger partial charge in [-0.25, -0.2) is 4.79 Å². The van der Waals surface area contributed by atoms with Crippen molar-refractivity contribution >= 4 is 6.09 Å². The minimum absolute atomic E-state index is 0.0995. The van der Waals surface area contributed by atoms with Crippen LogP contribution in [0.5, 0.6) is 0 Å². The molecule has 1 aliphatic carbocycles.